The highest BCUT2D eigenvalue weighted by atomic mass is 32.2. The second-order valence-electron chi connectivity index (χ2n) is 3.63. The van der Waals surface area contributed by atoms with Gasteiger partial charge in [0.2, 0.25) is 0 Å². The van der Waals surface area contributed by atoms with Crippen LogP contribution in [0.3, 0.4) is 0 Å². The normalized spacial score (nSPS) is 14.6. The van der Waals surface area contributed by atoms with E-state index in [9.17, 15) is 8.42 Å². The van der Waals surface area contributed by atoms with Gasteiger partial charge in [0.15, 0.2) is 0 Å². The van der Waals surface area contributed by atoms with E-state index in [1.54, 1.807) is 6.92 Å². The number of thiophene rings is 1. The van der Waals surface area contributed by atoms with Gasteiger partial charge in [-0.2, -0.15) is 15.2 Å². The molecule has 1 N–H and O–H groups in total. The van der Waals surface area contributed by atoms with Crippen molar-refractivity contribution in [3.8, 4) is 12.1 Å². The van der Waals surface area contributed by atoms with E-state index in [1.165, 1.54) is 19.1 Å². The largest absolute Gasteiger partial charge is 0.251 e. The molecule has 0 radical (unpaired) electrons. The third kappa shape index (κ3) is 3.04. The molecule has 0 aliphatic carbocycles. The first-order valence-corrected chi connectivity index (χ1v) is 7.12. The molecule has 17 heavy (non-hydrogen) atoms. The Labute approximate surface area is 104 Å². The fraction of sp³-hybridized carbons (Fsp3) is 0.400. The summed E-state index contributed by atoms with van der Waals surface area (Å²) in [6.07, 6.45) is 0.360. The highest BCUT2D eigenvalue weighted by Crippen LogP contribution is 2.22. The van der Waals surface area contributed by atoms with E-state index in [2.05, 4.69) is 4.72 Å². The molecule has 0 saturated carbocycles. The number of nitrogens with zero attached hydrogens (tertiary/aromatic N) is 2. The number of nitriles is 2. The Balaban J connectivity index is 3.06. The van der Waals surface area contributed by atoms with Crippen molar-refractivity contribution in [2.75, 3.05) is 0 Å². The summed E-state index contributed by atoms with van der Waals surface area (Å²) in [5.74, 6) is 0. The van der Waals surface area contributed by atoms with Crippen molar-refractivity contribution in [2.24, 2.45) is 0 Å². The van der Waals surface area contributed by atoms with Crippen molar-refractivity contribution in [1.82, 2.24) is 4.72 Å². The molecule has 0 aromatic carbocycles. The van der Waals surface area contributed by atoms with Gasteiger partial charge in [-0.05, 0) is 25.5 Å². The van der Waals surface area contributed by atoms with Gasteiger partial charge in [0, 0.05) is 0 Å². The minimum absolute atomic E-state index is 0.0453. The molecule has 1 rings (SSSR count). The summed E-state index contributed by atoms with van der Waals surface area (Å²) in [4.78, 5) is 0.320. The second-order valence-corrected chi connectivity index (χ2v) is 6.63. The quantitative estimate of drug-likeness (QED) is 0.898. The number of hydrogen-bond acceptors (Lipinski definition) is 5. The van der Waals surface area contributed by atoms with E-state index in [4.69, 9.17) is 10.5 Å². The molecule has 7 heteroatoms. The topological polar surface area (TPSA) is 93.8 Å². The summed E-state index contributed by atoms with van der Waals surface area (Å²) in [5.41, 5.74) is -1.13. The molecule has 0 bridgehead atoms. The fourth-order valence-electron chi connectivity index (χ4n) is 1.05. The summed E-state index contributed by atoms with van der Waals surface area (Å²) in [6.45, 7) is 3.24. The van der Waals surface area contributed by atoms with Gasteiger partial charge in [-0.15, -0.1) is 11.3 Å². The molecular weight excluding hydrogens is 258 g/mol. The van der Waals surface area contributed by atoms with Crippen LogP contribution in [0.1, 0.15) is 25.1 Å². The summed E-state index contributed by atoms with van der Waals surface area (Å²) in [7, 11) is -3.74. The average Bonchev–Trinajstić information content (AvgIpc) is 2.77. The standard InChI is InChI=1S/C10H11N3O2S2/c1-3-10(2,7-12)13-17(14,15)9-5-4-8(6-11)16-9/h4-5,13H,3H2,1-2H3. The van der Waals surface area contributed by atoms with Crippen LogP contribution >= 0.6 is 11.3 Å². The number of nitrogens with one attached hydrogen (secondary N) is 1. The van der Waals surface area contributed by atoms with Gasteiger partial charge in [0.05, 0.1) is 6.07 Å². The zero-order valence-corrected chi connectivity index (χ0v) is 11.0. The van der Waals surface area contributed by atoms with Crippen molar-refractivity contribution in [3.05, 3.63) is 17.0 Å². The molecule has 1 aromatic rings. The van der Waals surface area contributed by atoms with Gasteiger partial charge in [0.1, 0.15) is 20.7 Å². The lowest BCUT2D eigenvalue weighted by Gasteiger charge is -2.20. The van der Waals surface area contributed by atoms with E-state index in [0.717, 1.165) is 11.3 Å². The molecule has 0 amide bonds. The minimum Gasteiger partial charge on any atom is -0.206 e. The average molecular weight is 269 g/mol. The van der Waals surface area contributed by atoms with Crippen LogP contribution in [-0.4, -0.2) is 14.0 Å². The predicted molar refractivity (Wildman–Crippen MR) is 63.7 cm³/mol. The van der Waals surface area contributed by atoms with E-state index in [0.29, 0.717) is 11.3 Å². The van der Waals surface area contributed by atoms with E-state index in [1.807, 2.05) is 12.1 Å². The van der Waals surface area contributed by atoms with E-state index >= 15 is 0 Å². The molecule has 0 aliphatic rings. The second kappa shape index (κ2) is 4.84. The maximum atomic E-state index is 11.9. The van der Waals surface area contributed by atoms with Gasteiger partial charge >= 0.3 is 0 Å². The molecule has 1 unspecified atom stereocenters. The van der Waals surface area contributed by atoms with Crippen molar-refractivity contribution in [2.45, 2.75) is 30.0 Å². The molecule has 1 heterocycles. The smallest absolute Gasteiger partial charge is 0.206 e. The Morgan fingerprint density at radius 2 is 2.12 bits per heavy atom. The number of rotatable bonds is 4. The van der Waals surface area contributed by atoms with Crippen LogP contribution in [0.15, 0.2) is 16.3 Å². The van der Waals surface area contributed by atoms with Crippen molar-refractivity contribution in [3.63, 3.8) is 0 Å². The molecule has 0 spiro atoms. The first kappa shape index (κ1) is 13.7. The van der Waals surface area contributed by atoms with Crippen LogP contribution in [0.5, 0.6) is 0 Å². The zero-order valence-electron chi connectivity index (χ0n) is 9.39. The monoisotopic (exact) mass is 269 g/mol. The predicted octanol–water partition coefficient (Wildman–Crippen LogP) is 1.59. The minimum atomic E-state index is -3.74. The highest BCUT2D eigenvalue weighted by Gasteiger charge is 2.29. The van der Waals surface area contributed by atoms with Crippen LogP contribution in [0.2, 0.25) is 0 Å². The van der Waals surface area contributed by atoms with Crippen molar-refractivity contribution >= 4 is 21.4 Å². The molecule has 5 nitrogen and oxygen atoms in total. The number of sulfonamides is 1. The summed E-state index contributed by atoms with van der Waals surface area (Å²) in [6, 6.07) is 6.60. The first-order valence-electron chi connectivity index (χ1n) is 4.82. The van der Waals surface area contributed by atoms with Crippen LogP contribution in [-0.2, 0) is 10.0 Å². The lowest BCUT2D eigenvalue weighted by atomic mass is 10.0. The first-order chi connectivity index (χ1) is 7.87. The SMILES string of the molecule is CCC(C)(C#N)NS(=O)(=O)c1ccc(C#N)s1. The third-order valence-corrected chi connectivity index (χ3v) is 5.35. The van der Waals surface area contributed by atoms with Crippen molar-refractivity contribution in [1.29, 1.82) is 10.5 Å². The van der Waals surface area contributed by atoms with Crippen LogP contribution in [0.25, 0.3) is 0 Å². The van der Waals surface area contributed by atoms with Gasteiger partial charge in [-0.1, -0.05) is 6.92 Å². The molecular formula is C10H11N3O2S2. The van der Waals surface area contributed by atoms with Crippen LogP contribution in [0, 0.1) is 22.7 Å². The Morgan fingerprint density at radius 1 is 1.47 bits per heavy atom. The molecule has 1 aromatic heterocycles. The Bertz CT molecular complexity index is 592. The van der Waals surface area contributed by atoms with Gasteiger partial charge in [-0.3, -0.25) is 0 Å². The molecule has 1 atom stereocenters. The van der Waals surface area contributed by atoms with Crippen molar-refractivity contribution < 1.29 is 8.42 Å². The van der Waals surface area contributed by atoms with E-state index in [-0.39, 0.29) is 4.21 Å². The van der Waals surface area contributed by atoms with Crippen LogP contribution in [0.4, 0.5) is 0 Å². The maximum Gasteiger partial charge on any atom is 0.251 e. The zero-order chi connectivity index (χ0) is 13.1. The summed E-state index contributed by atoms with van der Waals surface area (Å²) < 4.78 is 26.2. The fourth-order valence-corrected chi connectivity index (χ4v) is 3.54. The van der Waals surface area contributed by atoms with Gasteiger partial charge < -0.3 is 0 Å². The lowest BCUT2D eigenvalue weighted by molar-refractivity contribution is 0.496. The highest BCUT2D eigenvalue weighted by molar-refractivity contribution is 7.91. The van der Waals surface area contributed by atoms with Gasteiger partial charge in [0.25, 0.3) is 10.0 Å². The molecule has 0 aliphatic heterocycles. The maximum absolute atomic E-state index is 11.9. The summed E-state index contributed by atoms with van der Waals surface area (Å²) in [5, 5.41) is 17.6. The third-order valence-electron chi connectivity index (χ3n) is 2.27. The Kier molecular flexibility index (Phi) is 3.89. The lowest BCUT2D eigenvalue weighted by Crippen LogP contribution is -2.43. The number of hydrogen-bond donors (Lipinski definition) is 1. The Morgan fingerprint density at radius 3 is 2.53 bits per heavy atom. The Hall–Kier alpha value is -1.41. The summed E-state index contributed by atoms with van der Waals surface area (Å²) >= 11 is 0.880. The molecule has 0 fully saturated rings. The van der Waals surface area contributed by atoms with Crippen LogP contribution < -0.4 is 4.72 Å². The molecule has 90 valence electrons. The molecule has 0 saturated heterocycles. The van der Waals surface area contributed by atoms with Gasteiger partial charge in [-0.25, -0.2) is 8.42 Å². The van der Waals surface area contributed by atoms with E-state index < -0.39 is 15.6 Å².